The normalized spacial score (nSPS) is 20.2. The molecular formula is C46H60Cl2Si2Zr2-2. The topological polar surface area (TPSA) is 0 Å². The van der Waals surface area contributed by atoms with E-state index in [4.69, 9.17) is 0 Å². The van der Waals surface area contributed by atoms with Gasteiger partial charge >= 0.3 is 142 Å². The number of halogens is 2. The molecule has 0 radical (unpaired) electrons. The van der Waals surface area contributed by atoms with Gasteiger partial charge in [-0.1, -0.05) is 92.9 Å². The van der Waals surface area contributed by atoms with E-state index in [9.17, 15) is 0 Å². The van der Waals surface area contributed by atoms with Crippen LogP contribution in [0.4, 0.5) is 0 Å². The third-order valence-corrected chi connectivity index (χ3v) is 15.3. The molecule has 0 fully saturated rings. The van der Waals surface area contributed by atoms with Gasteiger partial charge < -0.3 is 24.8 Å². The molecule has 0 N–H and O–H groups in total. The van der Waals surface area contributed by atoms with Crippen molar-refractivity contribution in [2.75, 3.05) is 0 Å². The van der Waals surface area contributed by atoms with Crippen LogP contribution in [-0.2, 0) is 46.7 Å². The molecule has 4 aliphatic rings. The van der Waals surface area contributed by atoms with Gasteiger partial charge in [-0.3, -0.25) is 24.3 Å². The van der Waals surface area contributed by atoms with Crippen LogP contribution in [0.1, 0.15) is 83.1 Å². The number of benzene rings is 2. The van der Waals surface area contributed by atoms with E-state index >= 15 is 0 Å². The summed E-state index contributed by atoms with van der Waals surface area (Å²) >= 11 is 3.38. The molecule has 2 aromatic rings. The average Bonchev–Trinajstić information content (AvgIpc) is 3.73. The summed E-state index contributed by atoms with van der Waals surface area (Å²) in [5, 5.41) is 3.11. The van der Waals surface area contributed by atoms with Crippen molar-refractivity contribution in [3.8, 4) is 0 Å². The first-order valence-electron chi connectivity index (χ1n) is 17.8. The van der Waals surface area contributed by atoms with Crippen LogP contribution >= 0.6 is 0 Å². The molecule has 2 aromatic carbocycles. The Balaban J connectivity index is 0. The van der Waals surface area contributed by atoms with Crippen LogP contribution in [0.5, 0.6) is 0 Å². The Hall–Kier alpha value is -0.860. The maximum absolute atomic E-state index is 3.29. The van der Waals surface area contributed by atoms with Gasteiger partial charge in [0.15, 0.2) is 0 Å². The molecule has 0 nitrogen and oxygen atoms in total. The Labute approximate surface area is 362 Å². The van der Waals surface area contributed by atoms with Gasteiger partial charge in [-0.25, -0.2) is 45.6 Å². The summed E-state index contributed by atoms with van der Waals surface area (Å²) in [6.45, 7) is 30.3. The molecule has 0 aromatic heterocycles. The van der Waals surface area contributed by atoms with E-state index in [1.165, 1.54) is 44.6 Å². The SMILES string of the molecule is CC1=[C-]C(C)C(C)=C1.CC1=[C-]C(C)C(C)=C1.CC1=[C-]C(C)C=C1C.CC1=[C-]C(C)C=C1C.C[Si](=[Zr+2])c1ccccc1.C[Si](=[Zr+2])c1ccccc1.[Cl-].[Cl-]. The number of allylic oxidation sites excluding steroid dienone is 16. The van der Waals surface area contributed by atoms with Crippen molar-refractivity contribution in [3.63, 3.8) is 0 Å². The van der Waals surface area contributed by atoms with E-state index in [1.807, 2.05) is 0 Å². The Morgan fingerprint density at radius 1 is 0.481 bits per heavy atom. The van der Waals surface area contributed by atoms with Gasteiger partial charge in [0.25, 0.3) is 0 Å². The van der Waals surface area contributed by atoms with Crippen LogP contribution in [0.2, 0.25) is 13.1 Å². The molecular weight excluding hydrogens is 862 g/mol. The zero-order valence-corrected chi connectivity index (χ0v) is 42.6. The molecule has 0 bridgehead atoms. The first-order valence-corrected chi connectivity index (χ1v) is 29.1. The standard InChI is InChI=1S/4C8H11.2C7H8Si.2ClH.2Zr/c4*1-6-4-7(2)8(3)5-6;2*1-8-7-5-3-2-4-6-7;;;;/h2*4,8H,1-3H3;2*4,6H,1-3H3;2*2-6H,1H3;2*1H;;/q4*-1;;;;;2*+2/p-2. The number of rotatable bonds is 2. The van der Waals surface area contributed by atoms with Gasteiger partial charge in [-0.2, -0.15) is 23.3 Å². The number of hydrogen-bond donors (Lipinski definition) is 0. The number of hydrogen-bond acceptors (Lipinski definition) is 0. The molecule has 0 aliphatic heterocycles. The first-order chi connectivity index (χ1) is 23.4. The molecule has 52 heavy (non-hydrogen) atoms. The van der Waals surface area contributed by atoms with E-state index in [1.54, 1.807) is 57.0 Å². The second kappa shape index (κ2) is 28.5. The van der Waals surface area contributed by atoms with Crippen LogP contribution in [0.25, 0.3) is 0 Å². The molecule has 6 rings (SSSR count). The fourth-order valence-electron chi connectivity index (χ4n) is 5.30. The molecule has 4 atom stereocenters. The van der Waals surface area contributed by atoms with Crippen molar-refractivity contribution >= 4 is 21.2 Å². The summed E-state index contributed by atoms with van der Waals surface area (Å²) in [6.07, 6.45) is 22.0. The van der Waals surface area contributed by atoms with E-state index < -0.39 is 0 Å². The second-order valence-electron chi connectivity index (χ2n) is 13.7. The predicted octanol–water partition coefficient (Wildman–Crippen LogP) is 5.46. The fraction of sp³-hybridized carbons (Fsp3) is 0.391. The second-order valence-corrected chi connectivity index (χ2v) is 28.4. The summed E-state index contributed by atoms with van der Waals surface area (Å²) in [5.74, 6) is 2.23. The largest absolute Gasteiger partial charge is 1.00 e. The predicted molar refractivity (Wildman–Crippen MR) is 217 cm³/mol. The minimum absolute atomic E-state index is 0. The van der Waals surface area contributed by atoms with Gasteiger partial charge in [-0.05, 0) is 0 Å². The molecule has 0 amide bonds. The summed E-state index contributed by atoms with van der Waals surface area (Å²) in [7, 11) is 0. The summed E-state index contributed by atoms with van der Waals surface area (Å²) in [5.41, 5.74) is 10.6. The molecule has 6 heteroatoms. The van der Waals surface area contributed by atoms with Gasteiger partial charge in [0, 0.05) is 0 Å². The first kappa shape index (κ1) is 53.2. The Morgan fingerprint density at radius 2 is 0.769 bits per heavy atom. The Kier molecular flexibility index (Phi) is 29.2. The molecule has 0 spiro atoms. The molecule has 276 valence electrons. The quantitative estimate of drug-likeness (QED) is 0.278. The summed E-state index contributed by atoms with van der Waals surface area (Å²) in [6, 6.07) is 21.5. The van der Waals surface area contributed by atoms with Crippen molar-refractivity contribution < 1.29 is 71.5 Å². The minimum Gasteiger partial charge on any atom is -1.00 e. The van der Waals surface area contributed by atoms with Crippen molar-refractivity contribution in [1.29, 1.82) is 0 Å². The zero-order valence-electron chi connectivity index (χ0n) is 34.1. The third kappa shape index (κ3) is 22.5. The van der Waals surface area contributed by atoms with Crippen LogP contribution < -0.4 is 35.2 Å². The van der Waals surface area contributed by atoms with Crippen molar-refractivity contribution in [2.24, 2.45) is 23.7 Å². The van der Waals surface area contributed by atoms with E-state index in [0.717, 1.165) is 0 Å². The van der Waals surface area contributed by atoms with E-state index in [2.05, 4.69) is 205 Å². The monoisotopic (exact) mass is 918 g/mol. The molecule has 0 heterocycles. The van der Waals surface area contributed by atoms with Crippen LogP contribution in [-0.4, -0.2) is 10.9 Å². The van der Waals surface area contributed by atoms with Gasteiger partial charge in [0.1, 0.15) is 0 Å². The molecule has 0 saturated heterocycles. The minimum atomic E-state index is -0.122. The van der Waals surface area contributed by atoms with Crippen LogP contribution in [0.15, 0.2) is 130 Å². The molecule has 4 unspecified atom stereocenters. The Bertz CT molecular complexity index is 1510. The van der Waals surface area contributed by atoms with Crippen molar-refractivity contribution in [1.82, 2.24) is 0 Å². The molecule has 4 aliphatic carbocycles. The van der Waals surface area contributed by atoms with Gasteiger partial charge in [0.05, 0.1) is 0 Å². The van der Waals surface area contributed by atoms with E-state index in [-0.39, 0.29) is 35.7 Å². The Morgan fingerprint density at radius 3 is 0.865 bits per heavy atom. The fourth-order valence-corrected chi connectivity index (χ4v) is 9.14. The van der Waals surface area contributed by atoms with Crippen LogP contribution in [0.3, 0.4) is 0 Å². The zero-order chi connectivity index (χ0) is 38.0. The van der Waals surface area contributed by atoms with E-state index in [0.29, 0.717) is 23.7 Å². The smallest absolute Gasteiger partial charge is 1.00 e. The average molecular weight is 923 g/mol. The van der Waals surface area contributed by atoms with Crippen molar-refractivity contribution in [2.45, 2.75) is 96.2 Å². The van der Waals surface area contributed by atoms with Crippen molar-refractivity contribution in [3.05, 3.63) is 154 Å². The molecule has 0 saturated carbocycles. The van der Waals surface area contributed by atoms with Gasteiger partial charge in [-0.15, -0.1) is 13.8 Å². The maximum Gasteiger partial charge on any atom is -1.00 e. The van der Waals surface area contributed by atoms with Gasteiger partial charge in [0.2, 0.25) is 0 Å². The summed E-state index contributed by atoms with van der Waals surface area (Å²) < 4.78 is 0. The van der Waals surface area contributed by atoms with Crippen LogP contribution in [0, 0.1) is 48.0 Å². The maximum atomic E-state index is 3.29. The summed E-state index contributed by atoms with van der Waals surface area (Å²) in [4.78, 5) is 0. The third-order valence-electron chi connectivity index (χ3n) is 8.63.